The van der Waals surface area contributed by atoms with Crippen LogP contribution in [0.4, 0.5) is 5.69 Å². The average Bonchev–Trinajstić information content (AvgIpc) is 2.29. The Morgan fingerprint density at radius 2 is 2.06 bits per heavy atom. The Balaban J connectivity index is 2.53. The van der Waals surface area contributed by atoms with Gasteiger partial charge in [-0.25, -0.2) is 0 Å². The summed E-state index contributed by atoms with van der Waals surface area (Å²) in [5.74, 6) is -0.597. The number of amides is 2. The molecule has 5 N–H and O–H groups in total. The van der Waals surface area contributed by atoms with E-state index >= 15 is 0 Å². The minimum atomic E-state index is -0.387. The van der Waals surface area contributed by atoms with Gasteiger partial charge < -0.3 is 21.5 Å². The number of anilines is 1. The van der Waals surface area contributed by atoms with Crippen molar-refractivity contribution in [2.75, 3.05) is 18.4 Å². The van der Waals surface area contributed by atoms with E-state index in [0.29, 0.717) is 5.69 Å². The van der Waals surface area contributed by atoms with Crippen LogP contribution < -0.4 is 16.4 Å². The third kappa shape index (κ3) is 4.12. The van der Waals surface area contributed by atoms with E-state index in [-0.39, 0.29) is 30.7 Å². The predicted octanol–water partition coefficient (Wildman–Crippen LogP) is -0.286. The van der Waals surface area contributed by atoms with Crippen LogP contribution in [0.5, 0.6) is 5.75 Å². The summed E-state index contributed by atoms with van der Waals surface area (Å²) in [4.78, 5) is 22.3. The van der Waals surface area contributed by atoms with E-state index in [1.54, 1.807) is 13.0 Å². The van der Waals surface area contributed by atoms with Crippen LogP contribution in [0.25, 0.3) is 0 Å². The van der Waals surface area contributed by atoms with Gasteiger partial charge in [0.05, 0.1) is 13.1 Å². The van der Waals surface area contributed by atoms with Crippen LogP contribution in [0.2, 0.25) is 0 Å². The van der Waals surface area contributed by atoms with Crippen molar-refractivity contribution in [3.8, 4) is 5.75 Å². The summed E-state index contributed by atoms with van der Waals surface area (Å²) >= 11 is 0. The number of phenols is 1. The van der Waals surface area contributed by atoms with Crippen molar-refractivity contribution in [3.63, 3.8) is 0 Å². The summed E-state index contributed by atoms with van der Waals surface area (Å²) in [6.45, 7) is 1.48. The number of carbonyl (C=O) groups is 2. The maximum atomic E-state index is 11.4. The van der Waals surface area contributed by atoms with Gasteiger partial charge in [-0.3, -0.25) is 9.59 Å². The van der Waals surface area contributed by atoms with Gasteiger partial charge in [0.2, 0.25) is 11.8 Å². The molecule has 0 radical (unpaired) electrons. The highest BCUT2D eigenvalue weighted by Gasteiger charge is 2.06. The highest BCUT2D eigenvalue weighted by molar-refractivity contribution is 5.95. The summed E-state index contributed by atoms with van der Waals surface area (Å²) in [5, 5.41) is 14.2. The molecule has 2 amide bonds. The van der Waals surface area contributed by atoms with Crippen LogP contribution in [-0.4, -0.2) is 30.0 Å². The number of rotatable bonds is 4. The van der Waals surface area contributed by atoms with Gasteiger partial charge in [0.1, 0.15) is 5.75 Å². The summed E-state index contributed by atoms with van der Waals surface area (Å²) in [6, 6.07) is 4.60. The van der Waals surface area contributed by atoms with Crippen molar-refractivity contribution in [3.05, 3.63) is 23.8 Å². The van der Waals surface area contributed by atoms with Crippen LogP contribution in [0.1, 0.15) is 5.56 Å². The Kier molecular flexibility index (Phi) is 4.47. The molecule has 0 heterocycles. The smallest absolute Gasteiger partial charge is 0.243 e. The lowest BCUT2D eigenvalue weighted by molar-refractivity contribution is -0.123. The van der Waals surface area contributed by atoms with Gasteiger partial charge in [0.25, 0.3) is 0 Å². The fourth-order valence-corrected chi connectivity index (χ4v) is 1.23. The lowest BCUT2D eigenvalue weighted by Crippen LogP contribution is -2.36. The standard InChI is InChI=1S/C11H15N3O3/c1-7-4-8(15)2-3-9(7)14-11(17)6-13-10(16)5-12/h2-4,15H,5-6,12H2,1H3,(H,13,16)(H,14,17). The Morgan fingerprint density at radius 3 is 2.65 bits per heavy atom. The van der Waals surface area contributed by atoms with Crippen molar-refractivity contribution < 1.29 is 14.7 Å². The molecule has 0 spiro atoms. The normalized spacial score (nSPS) is 9.76. The van der Waals surface area contributed by atoms with E-state index in [4.69, 9.17) is 5.73 Å². The molecule has 0 aliphatic carbocycles. The molecule has 0 aliphatic heterocycles. The Hall–Kier alpha value is -2.08. The third-order valence-corrected chi connectivity index (χ3v) is 2.12. The zero-order valence-corrected chi connectivity index (χ0v) is 9.49. The fraction of sp³-hybridized carbons (Fsp3) is 0.273. The van der Waals surface area contributed by atoms with Gasteiger partial charge in [-0.05, 0) is 30.7 Å². The summed E-state index contributed by atoms with van der Waals surface area (Å²) in [6.07, 6.45) is 0. The predicted molar refractivity (Wildman–Crippen MR) is 63.5 cm³/mol. The number of carbonyl (C=O) groups excluding carboxylic acids is 2. The van der Waals surface area contributed by atoms with Crippen LogP contribution >= 0.6 is 0 Å². The zero-order chi connectivity index (χ0) is 12.8. The maximum Gasteiger partial charge on any atom is 0.243 e. The van der Waals surface area contributed by atoms with Gasteiger partial charge in [0.15, 0.2) is 0 Å². The minimum absolute atomic E-state index is 0.129. The molecule has 1 rings (SSSR count). The number of nitrogens with two attached hydrogens (primary N) is 1. The second kappa shape index (κ2) is 5.86. The van der Waals surface area contributed by atoms with Crippen molar-refractivity contribution >= 4 is 17.5 Å². The molecule has 92 valence electrons. The van der Waals surface area contributed by atoms with Crippen molar-refractivity contribution in [2.24, 2.45) is 5.73 Å². The molecule has 6 heteroatoms. The van der Waals surface area contributed by atoms with Gasteiger partial charge in [-0.1, -0.05) is 0 Å². The van der Waals surface area contributed by atoms with Gasteiger partial charge in [0, 0.05) is 5.69 Å². The molecule has 0 saturated heterocycles. The molecular weight excluding hydrogens is 222 g/mol. The molecule has 0 unspecified atom stereocenters. The van der Waals surface area contributed by atoms with E-state index in [1.807, 2.05) is 0 Å². The Labute approximate surface area is 98.8 Å². The molecule has 0 aliphatic rings. The largest absolute Gasteiger partial charge is 0.508 e. The first-order chi connectivity index (χ1) is 8.02. The lowest BCUT2D eigenvalue weighted by Gasteiger charge is -2.09. The van der Waals surface area contributed by atoms with Crippen molar-refractivity contribution in [1.82, 2.24) is 5.32 Å². The lowest BCUT2D eigenvalue weighted by atomic mass is 10.2. The van der Waals surface area contributed by atoms with Crippen LogP contribution in [-0.2, 0) is 9.59 Å². The first-order valence-electron chi connectivity index (χ1n) is 5.09. The Bertz CT molecular complexity index is 432. The first-order valence-corrected chi connectivity index (χ1v) is 5.09. The van der Waals surface area contributed by atoms with Crippen molar-refractivity contribution in [1.29, 1.82) is 0 Å². The molecule has 0 aromatic heterocycles. The summed E-state index contributed by atoms with van der Waals surface area (Å²) in [7, 11) is 0. The molecule has 0 fully saturated rings. The average molecular weight is 237 g/mol. The second-order valence-corrected chi connectivity index (χ2v) is 3.53. The number of nitrogens with one attached hydrogen (secondary N) is 2. The summed E-state index contributed by atoms with van der Waals surface area (Å²) < 4.78 is 0. The van der Waals surface area contributed by atoms with E-state index in [1.165, 1.54) is 12.1 Å². The van der Waals surface area contributed by atoms with E-state index in [2.05, 4.69) is 10.6 Å². The summed E-state index contributed by atoms with van der Waals surface area (Å²) in [5.41, 5.74) is 6.41. The molecule has 1 aromatic carbocycles. The molecule has 1 aromatic rings. The molecule has 0 saturated carbocycles. The highest BCUT2D eigenvalue weighted by atomic mass is 16.3. The highest BCUT2D eigenvalue weighted by Crippen LogP contribution is 2.19. The number of hydrogen-bond donors (Lipinski definition) is 4. The molecule has 17 heavy (non-hydrogen) atoms. The van der Waals surface area contributed by atoms with Crippen LogP contribution in [0.15, 0.2) is 18.2 Å². The number of phenolic OH excluding ortho intramolecular Hbond substituents is 1. The molecular formula is C11H15N3O3. The number of aryl methyl sites for hydroxylation is 1. The number of benzene rings is 1. The molecule has 6 nitrogen and oxygen atoms in total. The monoisotopic (exact) mass is 237 g/mol. The topological polar surface area (TPSA) is 104 Å². The zero-order valence-electron chi connectivity index (χ0n) is 9.49. The fourth-order valence-electron chi connectivity index (χ4n) is 1.23. The van der Waals surface area contributed by atoms with Crippen molar-refractivity contribution in [2.45, 2.75) is 6.92 Å². The maximum absolute atomic E-state index is 11.4. The molecule has 0 atom stereocenters. The Morgan fingerprint density at radius 1 is 1.35 bits per heavy atom. The quantitative estimate of drug-likeness (QED) is 0.540. The van der Waals surface area contributed by atoms with Gasteiger partial charge in [-0.15, -0.1) is 0 Å². The number of hydrogen-bond acceptors (Lipinski definition) is 4. The third-order valence-electron chi connectivity index (χ3n) is 2.12. The van der Waals surface area contributed by atoms with E-state index in [0.717, 1.165) is 5.56 Å². The van der Waals surface area contributed by atoms with Gasteiger partial charge >= 0.3 is 0 Å². The van der Waals surface area contributed by atoms with Gasteiger partial charge in [-0.2, -0.15) is 0 Å². The van der Waals surface area contributed by atoms with Crippen LogP contribution in [0.3, 0.4) is 0 Å². The first kappa shape index (κ1) is 13.0. The minimum Gasteiger partial charge on any atom is -0.508 e. The van der Waals surface area contributed by atoms with E-state index in [9.17, 15) is 14.7 Å². The second-order valence-electron chi connectivity index (χ2n) is 3.53. The SMILES string of the molecule is Cc1cc(O)ccc1NC(=O)CNC(=O)CN. The van der Waals surface area contributed by atoms with E-state index < -0.39 is 0 Å². The van der Waals surface area contributed by atoms with Crippen LogP contribution in [0, 0.1) is 6.92 Å². The molecule has 0 bridgehead atoms. The number of aromatic hydroxyl groups is 1.